The molecule has 0 unspecified atom stereocenters. The third kappa shape index (κ3) is 5.39. The molecule has 0 saturated carbocycles. The van der Waals surface area contributed by atoms with Gasteiger partial charge in [-0.3, -0.25) is 19.6 Å². The van der Waals surface area contributed by atoms with Crippen LogP contribution in [0.3, 0.4) is 0 Å². The average Bonchev–Trinajstić information content (AvgIpc) is 3.42. The predicted octanol–water partition coefficient (Wildman–Crippen LogP) is 3.77. The first kappa shape index (κ1) is 21.7. The SMILES string of the molecule is Cc1cccc(Cn2ccc(NC(=O)c3ccn(COc4cc(F)ccc4[N+](=O)[O-])n3)n2)c1. The normalized spacial score (nSPS) is 10.7. The zero-order valence-electron chi connectivity index (χ0n) is 17.5. The highest BCUT2D eigenvalue weighted by Gasteiger charge is 2.17. The largest absolute Gasteiger partial charge is 0.464 e. The molecule has 2 aromatic heterocycles. The molecule has 0 radical (unpaired) electrons. The zero-order chi connectivity index (χ0) is 23.4. The van der Waals surface area contributed by atoms with Crippen LogP contribution in [-0.2, 0) is 13.3 Å². The number of hydrogen-bond donors (Lipinski definition) is 1. The van der Waals surface area contributed by atoms with Crippen molar-refractivity contribution in [3.63, 3.8) is 0 Å². The van der Waals surface area contributed by atoms with E-state index in [2.05, 4.69) is 21.6 Å². The summed E-state index contributed by atoms with van der Waals surface area (Å²) < 4.78 is 21.7. The number of nitrogens with zero attached hydrogens (tertiary/aromatic N) is 5. The molecule has 0 saturated heterocycles. The number of anilines is 1. The van der Waals surface area contributed by atoms with Crippen molar-refractivity contribution < 1.29 is 18.8 Å². The van der Waals surface area contributed by atoms with Crippen LogP contribution in [-0.4, -0.2) is 30.4 Å². The van der Waals surface area contributed by atoms with Gasteiger partial charge in [0.25, 0.3) is 5.91 Å². The summed E-state index contributed by atoms with van der Waals surface area (Å²) in [5.41, 5.74) is 1.97. The highest BCUT2D eigenvalue weighted by atomic mass is 19.1. The summed E-state index contributed by atoms with van der Waals surface area (Å²) in [5, 5.41) is 22.1. The van der Waals surface area contributed by atoms with Gasteiger partial charge in [-0.25, -0.2) is 9.07 Å². The van der Waals surface area contributed by atoms with Gasteiger partial charge in [-0.05, 0) is 24.6 Å². The second-order valence-electron chi connectivity index (χ2n) is 7.22. The number of aryl methyl sites for hydroxylation is 1. The first-order valence-corrected chi connectivity index (χ1v) is 9.88. The van der Waals surface area contributed by atoms with Gasteiger partial charge in [0.05, 0.1) is 11.5 Å². The smallest absolute Gasteiger partial charge is 0.311 e. The Morgan fingerprint density at radius 2 is 1.94 bits per heavy atom. The Hall–Kier alpha value is -4.54. The number of aromatic nitrogens is 4. The summed E-state index contributed by atoms with van der Waals surface area (Å²) >= 11 is 0. The lowest BCUT2D eigenvalue weighted by Gasteiger charge is -2.07. The van der Waals surface area contributed by atoms with Crippen LogP contribution in [0.2, 0.25) is 0 Å². The van der Waals surface area contributed by atoms with Gasteiger partial charge in [-0.2, -0.15) is 10.2 Å². The van der Waals surface area contributed by atoms with E-state index in [4.69, 9.17) is 4.74 Å². The van der Waals surface area contributed by atoms with Gasteiger partial charge >= 0.3 is 5.69 Å². The van der Waals surface area contributed by atoms with Crippen molar-refractivity contribution in [3.8, 4) is 5.75 Å². The van der Waals surface area contributed by atoms with Crippen LogP contribution < -0.4 is 10.1 Å². The van der Waals surface area contributed by atoms with E-state index in [1.165, 1.54) is 16.9 Å². The topological polar surface area (TPSA) is 117 Å². The Bertz CT molecular complexity index is 1320. The minimum Gasteiger partial charge on any atom is -0.464 e. The summed E-state index contributed by atoms with van der Waals surface area (Å²) in [6, 6.07) is 14.1. The minimum absolute atomic E-state index is 0.0978. The molecule has 0 aliphatic heterocycles. The van der Waals surface area contributed by atoms with Gasteiger partial charge in [-0.15, -0.1) is 0 Å². The number of halogens is 1. The van der Waals surface area contributed by atoms with Crippen molar-refractivity contribution in [1.29, 1.82) is 0 Å². The molecule has 2 aromatic carbocycles. The molecule has 33 heavy (non-hydrogen) atoms. The van der Waals surface area contributed by atoms with Crippen molar-refractivity contribution in [2.45, 2.75) is 20.2 Å². The minimum atomic E-state index is -0.672. The second kappa shape index (κ2) is 9.30. The molecule has 0 atom stereocenters. The van der Waals surface area contributed by atoms with Crippen LogP contribution in [0.5, 0.6) is 5.75 Å². The van der Waals surface area contributed by atoms with E-state index in [0.29, 0.717) is 12.4 Å². The Balaban J connectivity index is 1.36. The van der Waals surface area contributed by atoms with Crippen molar-refractivity contribution in [2.75, 3.05) is 5.32 Å². The van der Waals surface area contributed by atoms with Gasteiger partial charge in [-0.1, -0.05) is 29.8 Å². The molecule has 0 fully saturated rings. The van der Waals surface area contributed by atoms with Crippen LogP contribution in [0, 0.1) is 22.9 Å². The molecule has 0 bridgehead atoms. The van der Waals surface area contributed by atoms with Gasteiger partial charge in [0.2, 0.25) is 5.75 Å². The monoisotopic (exact) mass is 450 g/mol. The summed E-state index contributed by atoms with van der Waals surface area (Å²) in [5.74, 6) is -1.02. The van der Waals surface area contributed by atoms with Crippen molar-refractivity contribution in [1.82, 2.24) is 19.6 Å². The fourth-order valence-electron chi connectivity index (χ4n) is 3.14. The number of nitro groups is 1. The van der Waals surface area contributed by atoms with E-state index >= 15 is 0 Å². The molecule has 0 spiro atoms. The molecule has 11 heteroatoms. The molecular weight excluding hydrogens is 431 g/mol. The quantitative estimate of drug-likeness (QED) is 0.323. The maximum absolute atomic E-state index is 13.4. The zero-order valence-corrected chi connectivity index (χ0v) is 17.5. The third-order valence-corrected chi connectivity index (χ3v) is 4.65. The molecule has 4 aromatic rings. The highest BCUT2D eigenvalue weighted by molar-refractivity contribution is 6.02. The number of benzene rings is 2. The van der Waals surface area contributed by atoms with Crippen LogP contribution in [0.25, 0.3) is 0 Å². The Morgan fingerprint density at radius 3 is 2.73 bits per heavy atom. The number of nitrogens with one attached hydrogen (secondary N) is 1. The van der Waals surface area contributed by atoms with E-state index in [0.717, 1.165) is 29.3 Å². The third-order valence-electron chi connectivity index (χ3n) is 4.65. The van der Waals surface area contributed by atoms with Gasteiger partial charge in [0.15, 0.2) is 18.2 Å². The van der Waals surface area contributed by atoms with Gasteiger partial charge in [0.1, 0.15) is 5.82 Å². The summed E-state index contributed by atoms with van der Waals surface area (Å²) in [6.45, 7) is 2.33. The number of carbonyl (C=O) groups excluding carboxylic acids is 1. The molecule has 0 aliphatic rings. The van der Waals surface area contributed by atoms with E-state index in [9.17, 15) is 19.3 Å². The number of nitro benzene ring substituents is 1. The molecular formula is C22H19FN6O4. The van der Waals surface area contributed by atoms with E-state index in [-0.39, 0.29) is 23.9 Å². The maximum Gasteiger partial charge on any atom is 0.311 e. The molecule has 2 heterocycles. The fraction of sp³-hybridized carbons (Fsp3) is 0.136. The van der Waals surface area contributed by atoms with Gasteiger partial charge in [0, 0.05) is 30.6 Å². The van der Waals surface area contributed by atoms with Crippen LogP contribution in [0.15, 0.2) is 67.0 Å². The molecule has 1 N–H and O–H groups in total. The van der Waals surface area contributed by atoms with Crippen molar-refractivity contribution >= 4 is 17.4 Å². The first-order chi connectivity index (χ1) is 15.9. The molecule has 168 valence electrons. The summed E-state index contributed by atoms with van der Waals surface area (Å²) in [4.78, 5) is 22.9. The lowest BCUT2D eigenvalue weighted by atomic mass is 10.1. The van der Waals surface area contributed by atoms with Crippen LogP contribution in [0.1, 0.15) is 21.6 Å². The maximum atomic E-state index is 13.4. The fourth-order valence-corrected chi connectivity index (χ4v) is 3.14. The molecule has 0 aliphatic carbocycles. The lowest BCUT2D eigenvalue weighted by molar-refractivity contribution is -0.386. The predicted molar refractivity (Wildman–Crippen MR) is 116 cm³/mol. The highest BCUT2D eigenvalue weighted by Crippen LogP contribution is 2.27. The number of rotatable bonds is 8. The van der Waals surface area contributed by atoms with Crippen LogP contribution in [0.4, 0.5) is 15.9 Å². The summed E-state index contributed by atoms with van der Waals surface area (Å²) in [6.07, 6.45) is 3.23. The van der Waals surface area contributed by atoms with E-state index in [1.54, 1.807) is 16.9 Å². The second-order valence-corrected chi connectivity index (χ2v) is 7.22. The van der Waals surface area contributed by atoms with Crippen molar-refractivity contribution in [3.05, 3.63) is 99.7 Å². The summed E-state index contributed by atoms with van der Waals surface area (Å²) in [7, 11) is 0. The molecule has 4 rings (SSSR count). The number of hydrogen-bond acceptors (Lipinski definition) is 6. The Kier molecular flexibility index (Phi) is 6.11. The molecule has 10 nitrogen and oxygen atoms in total. The number of carbonyl (C=O) groups is 1. The number of ether oxygens (including phenoxy) is 1. The van der Waals surface area contributed by atoms with E-state index < -0.39 is 16.6 Å². The Labute approximate surface area is 187 Å². The van der Waals surface area contributed by atoms with E-state index in [1.807, 2.05) is 25.1 Å². The number of amides is 1. The Morgan fingerprint density at radius 1 is 1.12 bits per heavy atom. The van der Waals surface area contributed by atoms with Crippen molar-refractivity contribution in [2.24, 2.45) is 0 Å². The molecule has 1 amide bonds. The van der Waals surface area contributed by atoms with Gasteiger partial charge < -0.3 is 10.1 Å². The van der Waals surface area contributed by atoms with Crippen LogP contribution >= 0.6 is 0 Å². The first-order valence-electron chi connectivity index (χ1n) is 9.88. The lowest BCUT2D eigenvalue weighted by Crippen LogP contribution is -2.15. The standard InChI is InChI=1S/C22H19FN6O4/c1-15-3-2-4-16(11-15)13-27-10-8-21(26-27)24-22(30)18-7-9-28(25-18)14-33-20-12-17(23)5-6-19(20)29(31)32/h2-12H,13-14H2,1H3,(H,24,26,30). The average molecular weight is 450 g/mol.